The molecule has 0 unspecified atom stereocenters. The normalized spacial score (nSPS) is 10.6. The van der Waals surface area contributed by atoms with Crippen LogP contribution >= 0.6 is 0 Å². The molecule has 1 aromatic carbocycles. The lowest BCUT2D eigenvalue weighted by Gasteiger charge is -2.21. The second kappa shape index (κ2) is 4.23. The maximum absolute atomic E-state index is 13.3. The van der Waals surface area contributed by atoms with E-state index < -0.39 is 23.0 Å². The number of benzene rings is 1. The van der Waals surface area contributed by atoms with E-state index in [0.717, 1.165) is 6.07 Å². The number of ether oxygens (including phenoxy) is 1. The van der Waals surface area contributed by atoms with Gasteiger partial charge in [0, 0.05) is 0 Å². The number of carboxylic acids is 1. The van der Waals surface area contributed by atoms with Crippen LogP contribution in [0.2, 0.25) is 0 Å². The van der Waals surface area contributed by atoms with Gasteiger partial charge in [0.2, 0.25) is 0 Å². The van der Waals surface area contributed by atoms with Crippen molar-refractivity contribution in [2.24, 2.45) is 0 Å². The third kappa shape index (κ3) is 2.51. The second-order valence-corrected chi connectivity index (χ2v) is 3.67. The summed E-state index contributed by atoms with van der Waals surface area (Å²) < 4.78 is 18.5. The van der Waals surface area contributed by atoms with Gasteiger partial charge in [-0.25, -0.2) is 9.18 Å². The lowest BCUT2D eigenvalue weighted by molar-refractivity contribution is 0.0681. The molecule has 0 saturated heterocycles. The van der Waals surface area contributed by atoms with Crippen molar-refractivity contribution in [3.05, 3.63) is 29.6 Å². The summed E-state index contributed by atoms with van der Waals surface area (Å²) in [6.07, 6.45) is 5.20. The SMILES string of the molecule is C#CC(C)(C)Oc1cccc(F)c1C(=O)O. The quantitative estimate of drug-likeness (QED) is 0.798. The van der Waals surface area contributed by atoms with Crippen molar-refractivity contribution < 1.29 is 19.0 Å². The Labute approximate surface area is 92.9 Å². The van der Waals surface area contributed by atoms with E-state index in [9.17, 15) is 9.18 Å². The van der Waals surface area contributed by atoms with Crippen molar-refractivity contribution in [2.75, 3.05) is 0 Å². The first-order valence-corrected chi connectivity index (χ1v) is 4.56. The molecule has 0 aliphatic rings. The average molecular weight is 222 g/mol. The summed E-state index contributed by atoms with van der Waals surface area (Å²) >= 11 is 0. The smallest absolute Gasteiger partial charge is 0.342 e. The number of rotatable bonds is 3. The van der Waals surface area contributed by atoms with Gasteiger partial charge >= 0.3 is 5.97 Å². The minimum Gasteiger partial charge on any atom is -0.477 e. The molecule has 0 radical (unpaired) electrons. The van der Waals surface area contributed by atoms with Gasteiger partial charge in [0.25, 0.3) is 0 Å². The van der Waals surface area contributed by atoms with E-state index in [2.05, 4.69) is 5.92 Å². The molecule has 0 aliphatic heterocycles. The Kier molecular flexibility index (Phi) is 3.19. The van der Waals surface area contributed by atoms with Gasteiger partial charge in [-0.2, -0.15) is 0 Å². The summed E-state index contributed by atoms with van der Waals surface area (Å²) in [5, 5.41) is 8.84. The van der Waals surface area contributed by atoms with Crippen molar-refractivity contribution >= 4 is 5.97 Å². The van der Waals surface area contributed by atoms with Crippen LogP contribution in [0, 0.1) is 18.2 Å². The molecule has 1 rings (SSSR count). The molecule has 0 heterocycles. The highest BCUT2D eigenvalue weighted by molar-refractivity contribution is 5.91. The Morgan fingerprint density at radius 3 is 2.69 bits per heavy atom. The molecule has 3 nitrogen and oxygen atoms in total. The zero-order chi connectivity index (χ0) is 12.3. The van der Waals surface area contributed by atoms with Crippen LogP contribution in [0.3, 0.4) is 0 Å². The second-order valence-electron chi connectivity index (χ2n) is 3.67. The predicted octanol–water partition coefficient (Wildman–Crippen LogP) is 2.31. The van der Waals surface area contributed by atoms with E-state index in [4.69, 9.17) is 16.3 Å². The molecule has 0 spiro atoms. The Balaban J connectivity index is 3.21. The Morgan fingerprint density at radius 2 is 2.19 bits per heavy atom. The number of hydrogen-bond donors (Lipinski definition) is 1. The third-order valence-electron chi connectivity index (χ3n) is 1.90. The molecule has 0 atom stereocenters. The summed E-state index contributed by atoms with van der Waals surface area (Å²) in [6.45, 7) is 3.17. The fourth-order valence-electron chi connectivity index (χ4n) is 1.10. The van der Waals surface area contributed by atoms with Crippen molar-refractivity contribution in [3.63, 3.8) is 0 Å². The number of hydrogen-bond acceptors (Lipinski definition) is 2. The van der Waals surface area contributed by atoms with E-state index in [1.165, 1.54) is 12.1 Å². The lowest BCUT2D eigenvalue weighted by Crippen LogP contribution is -2.26. The molecule has 84 valence electrons. The molecular formula is C12H11FO3. The molecule has 0 aromatic heterocycles. The Bertz CT molecular complexity index is 458. The Morgan fingerprint density at radius 1 is 1.56 bits per heavy atom. The number of halogens is 1. The molecular weight excluding hydrogens is 211 g/mol. The Hall–Kier alpha value is -2.02. The van der Waals surface area contributed by atoms with Crippen molar-refractivity contribution in [2.45, 2.75) is 19.4 Å². The lowest BCUT2D eigenvalue weighted by atomic mass is 10.1. The summed E-state index contributed by atoms with van der Waals surface area (Å²) in [7, 11) is 0. The van der Waals surface area contributed by atoms with Crippen LogP contribution in [0.15, 0.2) is 18.2 Å². The van der Waals surface area contributed by atoms with Gasteiger partial charge in [0.05, 0.1) is 0 Å². The van der Waals surface area contributed by atoms with E-state index >= 15 is 0 Å². The standard InChI is InChI=1S/C12H11FO3/c1-4-12(2,3)16-9-7-5-6-8(13)10(9)11(14)15/h1,5-7H,2-3H3,(H,14,15). The van der Waals surface area contributed by atoms with Crippen LogP contribution in [0.1, 0.15) is 24.2 Å². The summed E-state index contributed by atoms with van der Waals surface area (Å²) in [5.41, 5.74) is -1.50. The highest BCUT2D eigenvalue weighted by Gasteiger charge is 2.22. The monoisotopic (exact) mass is 222 g/mol. The first-order valence-electron chi connectivity index (χ1n) is 4.56. The molecule has 0 saturated carbocycles. The van der Waals surface area contributed by atoms with Gasteiger partial charge in [-0.05, 0) is 26.0 Å². The highest BCUT2D eigenvalue weighted by atomic mass is 19.1. The zero-order valence-corrected chi connectivity index (χ0v) is 8.95. The van der Waals surface area contributed by atoms with E-state index in [1.54, 1.807) is 13.8 Å². The largest absolute Gasteiger partial charge is 0.477 e. The van der Waals surface area contributed by atoms with Crippen molar-refractivity contribution in [3.8, 4) is 18.1 Å². The van der Waals surface area contributed by atoms with E-state index in [-0.39, 0.29) is 5.75 Å². The molecule has 0 bridgehead atoms. The summed E-state index contributed by atoms with van der Waals surface area (Å²) in [5.74, 6) is 0.0269. The topological polar surface area (TPSA) is 46.5 Å². The minimum atomic E-state index is -1.39. The van der Waals surface area contributed by atoms with Gasteiger partial charge < -0.3 is 9.84 Å². The first-order chi connectivity index (χ1) is 7.37. The van der Waals surface area contributed by atoms with Crippen LogP contribution in [0.25, 0.3) is 0 Å². The maximum atomic E-state index is 13.3. The number of carboxylic acid groups (broad SMARTS) is 1. The molecule has 0 amide bonds. The van der Waals surface area contributed by atoms with Gasteiger partial charge in [-0.3, -0.25) is 0 Å². The van der Waals surface area contributed by atoms with E-state index in [0.29, 0.717) is 0 Å². The average Bonchev–Trinajstić information content (AvgIpc) is 2.16. The van der Waals surface area contributed by atoms with Gasteiger partial charge in [0.1, 0.15) is 17.1 Å². The molecule has 1 N–H and O–H groups in total. The van der Waals surface area contributed by atoms with Crippen molar-refractivity contribution in [1.29, 1.82) is 0 Å². The first kappa shape index (κ1) is 12.1. The fourth-order valence-corrected chi connectivity index (χ4v) is 1.10. The van der Waals surface area contributed by atoms with E-state index in [1.807, 2.05) is 0 Å². The zero-order valence-electron chi connectivity index (χ0n) is 8.95. The van der Waals surface area contributed by atoms with Crippen LogP contribution in [-0.2, 0) is 0 Å². The van der Waals surface area contributed by atoms with Crippen molar-refractivity contribution in [1.82, 2.24) is 0 Å². The van der Waals surface area contributed by atoms with Crippen LogP contribution in [0.4, 0.5) is 4.39 Å². The van der Waals surface area contributed by atoms with Crippen LogP contribution in [-0.4, -0.2) is 16.7 Å². The molecule has 16 heavy (non-hydrogen) atoms. The third-order valence-corrected chi connectivity index (χ3v) is 1.90. The van der Waals surface area contributed by atoms with Gasteiger partial charge in [-0.15, -0.1) is 6.42 Å². The van der Waals surface area contributed by atoms with Gasteiger partial charge in [-0.1, -0.05) is 12.0 Å². The molecule has 0 fully saturated rings. The highest BCUT2D eigenvalue weighted by Crippen LogP contribution is 2.25. The maximum Gasteiger partial charge on any atom is 0.342 e. The molecule has 4 heteroatoms. The van der Waals surface area contributed by atoms with Crippen LogP contribution < -0.4 is 4.74 Å². The fraction of sp³-hybridized carbons (Fsp3) is 0.250. The molecule has 1 aromatic rings. The van der Waals surface area contributed by atoms with Crippen LogP contribution in [0.5, 0.6) is 5.75 Å². The number of terminal acetylenes is 1. The minimum absolute atomic E-state index is 0.0737. The number of carbonyl (C=O) groups is 1. The summed E-state index contributed by atoms with van der Waals surface area (Å²) in [6, 6.07) is 3.79. The predicted molar refractivity (Wildman–Crippen MR) is 56.9 cm³/mol. The summed E-state index contributed by atoms with van der Waals surface area (Å²) in [4.78, 5) is 10.8. The van der Waals surface area contributed by atoms with Gasteiger partial charge in [0.15, 0.2) is 5.60 Å². The molecule has 0 aliphatic carbocycles. The number of aromatic carboxylic acids is 1.